The lowest BCUT2D eigenvalue weighted by atomic mass is 9.92. The predicted molar refractivity (Wildman–Crippen MR) is 114 cm³/mol. The number of piperazine rings is 1. The number of hydrogen-bond donors (Lipinski definition) is 0. The van der Waals surface area contributed by atoms with Gasteiger partial charge in [0.15, 0.2) is 0 Å². The number of hydrogen-bond acceptors (Lipinski definition) is 4. The number of rotatable bonds is 3. The molecule has 7 heteroatoms. The molecule has 1 aromatic heterocycles. The van der Waals surface area contributed by atoms with Crippen LogP contribution in [0.5, 0.6) is 0 Å². The summed E-state index contributed by atoms with van der Waals surface area (Å²) in [5, 5.41) is 4.52. The van der Waals surface area contributed by atoms with Crippen LogP contribution < -0.4 is 0 Å². The Labute approximate surface area is 175 Å². The molecule has 29 heavy (non-hydrogen) atoms. The molecule has 0 aliphatic carbocycles. The van der Waals surface area contributed by atoms with Crippen molar-refractivity contribution in [2.24, 2.45) is 18.9 Å². The van der Waals surface area contributed by atoms with E-state index in [1.807, 2.05) is 22.9 Å². The van der Waals surface area contributed by atoms with Gasteiger partial charge in [0.2, 0.25) is 5.91 Å². The summed E-state index contributed by atoms with van der Waals surface area (Å²) in [7, 11) is 1.83. The monoisotopic (exact) mass is 403 g/mol. The zero-order chi connectivity index (χ0) is 21.3. The van der Waals surface area contributed by atoms with Gasteiger partial charge in [-0.3, -0.25) is 19.2 Å². The van der Waals surface area contributed by atoms with Gasteiger partial charge in [-0.15, -0.1) is 0 Å². The molecule has 1 aromatic rings. The van der Waals surface area contributed by atoms with Crippen LogP contribution in [0.2, 0.25) is 0 Å². The van der Waals surface area contributed by atoms with Gasteiger partial charge < -0.3 is 9.80 Å². The van der Waals surface area contributed by atoms with Gasteiger partial charge in [0.05, 0.1) is 12.2 Å². The first-order chi connectivity index (χ1) is 13.5. The van der Waals surface area contributed by atoms with Gasteiger partial charge in [-0.05, 0) is 24.3 Å². The molecule has 0 saturated carbocycles. The molecule has 2 aliphatic rings. The molecule has 7 nitrogen and oxygen atoms in total. The lowest BCUT2D eigenvalue weighted by molar-refractivity contribution is -0.135. The summed E-state index contributed by atoms with van der Waals surface area (Å²) in [4.78, 5) is 31.8. The molecule has 0 N–H and O–H groups in total. The van der Waals surface area contributed by atoms with Crippen LogP contribution in [0.15, 0.2) is 6.07 Å². The van der Waals surface area contributed by atoms with Gasteiger partial charge in [-0.1, -0.05) is 34.6 Å². The summed E-state index contributed by atoms with van der Waals surface area (Å²) in [5.41, 5.74) is 1.48. The van der Waals surface area contributed by atoms with Gasteiger partial charge in [-0.25, -0.2) is 0 Å². The first kappa shape index (κ1) is 21.8. The van der Waals surface area contributed by atoms with Crippen molar-refractivity contribution in [2.45, 2.75) is 46.5 Å². The Hall–Kier alpha value is -1.89. The van der Waals surface area contributed by atoms with Gasteiger partial charge in [0.1, 0.15) is 5.69 Å². The fraction of sp³-hybridized carbons (Fsp3) is 0.773. The fourth-order valence-corrected chi connectivity index (χ4v) is 4.46. The minimum atomic E-state index is -0.0845. The maximum absolute atomic E-state index is 13.0. The van der Waals surface area contributed by atoms with Crippen molar-refractivity contribution in [3.63, 3.8) is 0 Å². The van der Waals surface area contributed by atoms with Gasteiger partial charge in [-0.2, -0.15) is 5.10 Å². The van der Waals surface area contributed by atoms with Crippen molar-refractivity contribution in [3.8, 4) is 0 Å². The first-order valence-electron chi connectivity index (χ1n) is 10.9. The second-order valence-corrected chi connectivity index (χ2v) is 10.1. The molecule has 3 rings (SSSR count). The molecular weight excluding hydrogens is 366 g/mol. The Bertz CT molecular complexity index is 733. The second-order valence-electron chi connectivity index (χ2n) is 10.1. The van der Waals surface area contributed by atoms with E-state index in [0.717, 1.165) is 31.9 Å². The van der Waals surface area contributed by atoms with E-state index in [2.05, 4.69) is 44.6 Å². The van der Waals surface area contributed by atoms with E-state index in [0.29, 0.717) is 37.2 Å². The average molecular weight is 404 g/mol. The SMILES string of the molecule is CC1CC(C)CN(C(=O)CN2CCN(C(=O)c3cc(C(C)(C)C)nn3C)CC2)C1. The Balaban J connectivity index is 1.53. The van der Waals surface area contributed by atoms with Gasteiger partial charge in [0, 0.05) is 51.7 Å². The van der Waals surface area contributed by atoms with Crippen LogP contribution >= 0.6 is 0 Å². The maximum atomic E-state index is 13.0. The zero-order valence-electron chi connectivity index (χ0n) is 18.9. The normalized spacial score (nSPS) is 24.1. The summed E-state index contributed by atoms with van der Waals surface area (Å²) in [6, 6.07) is 1.91. The second kappa shape index (κ2) is 8.46. The predicted octanol–water partition coefficient (Wildman–Crippen LogP) is 1.98. The molecular formula is C22H37N5O2. The standard InChI is InChI=1S/C22H37N5O2/c1-16-11-17(2)14-27(13-16)20(28)15-25-7-9-26(10-8-25)21(29)18-12-19(22(3,4)5)23-24(18)6/h12,16-17H,7-11,13-15H2,1-6H3. The van der Waals surface area contributed by atoms with E-state index in [1.54, 1.807) is 4.68 Å². The number of nitrogens with zero attached hydrogens (tertiary/aromatic N) is 5. The van der Waals surface area contributed by atoms with E-state index < -0.39 is 0 Å². The van der Waals surface area contributed by atoms with E-state index in [-0.39, 0.29) is 17.2 Å². The third-order valence-corrected chi connectivity index (χ3v) is 6.11. The Morgan fingerprint density at radius 1 is 1.03 bits per heavy atom. The van der Waals surface area contributed by atoms with Crippen molar-refractivity contribution in [2.75, 3.05) is 45.8 Å². The largest absolute Gasteiger partial charge is 0.341 e. The van der Waals surface area contributed by atoms with Crippen LogP contribution in [-0.2, 0) is 17.3 Å². The molecule has 0 bridgehead atoms. The Morgan fingerprint density at radius 3 is 2.14 bits per heavy atom. The zero-order valence-corrected chi connectivity index (χ0v) is 18.9. The third kappa shape index (κ3) is 5.18. The number of aryl methyl sites for hydroxylation is 1. The number of aromatic nitrogens is 2. The van der Waals surface area contributed by atoms with E-state index in [1.165, 1.54) is 6.42 Å². The van der Waals surface area contributed by atoms with E-state index in [4.69, 9.17) is 0 Å². The number of amides is 2. The third-order valence-electron chi connectivity index (χ3n) is 6.11. The van der Waals surface area contributed by atoms with Crippen molar-refractivity contribution in [1.29, 1.82) is 0 Å². The highest BCUT2D eigenvalue weighted by Crippen LogP contribution is 2.23. The number of carbonyl (C=O) groups is 2. The first-order valence-corrected chi connectivity index (χ1v) is 10.9. The number of likely N-dealkylation sites (tertiary alicyclic amines) is 1. The van der Waals surface area contributed by atoms with Crippen molar-refractivity contribution in [3.05, 3.63) is 17.5 Å². The highest BCUT2D eigenvalue weighted by atomic mass is 16.2. The van der Waals surface area contributed by atoms with E-state index in [9.17, 15) is 9.59 Å². The summed E-state index contributed by atoms with van der Waals surface area (Å²) in [5.74, 6) is 1.41. The molecule has 3 heterocycles. The maximum Gasteiger partial charge on any atom is 0.272 e. The molecule has 2 saturated heterocycles. The smallest absolute Gasteiger partial charge is 0.272 e. The lowest BCUT2D eigenvalue weighted by Gasteiger charge is -2.38. The molecule has 0 spiro atoms. The van der Waals surface area contributed by atoms with Crippen LogP contribution in [-0.4, -0.2) is 82.1 Å². The highest BCUT2D eigenvalue weighted by molar-refractivity contribution is 5.92. The Kier molecular flexibility index (Phi) is 6.36. The highest BCUT2D eigenvalue weighted by Gasteiger charge is 2.30. The van der Waals surface area contributed by atoms with Crippen molar-refractivity contribution < 1.29 is 9.59 Å². The molecule has 2 aliphatic heterocycles. The van der Waals surface area contributed by atoms with Crippen LogP contribution in [0.1, 0.15) is 57.2 Å². The lowest BCUT2D eigenvalue weighted by Crippen LogP contribution is -2.53. The Morgan fingerprint density at radius 2 is 1.62 bits per heavy atom. The van der Waals surface area contributed by atoms with E-state index >= 15 is 0 Å². The quantitative estimate of drug-likeness (QED) is 0.774. The molecule has 162 valence electrons. The summed E-state index contributed by atoms with van der Waals surface area (Å²) in [6.07, 6.45) is 1.20. The van der Waals surface area contributed by atoms with Gasteiger partial charge in [0.25, 0.3) is 5.91 Å². The van der Waals surface area contributed by atoms with Crippen LogP contribution in [0.25, 0.3) is 0 Å². The fourth-order valence-electron chi connectivity index (χ4n) is 4.46. The minimum absolute atomic E-state index is 0.0279. The molecule has 2 fully saturated rings. The number of carbonyl (C=O) groups excluding carboxylic acids is 2. The molecule has 0 aromatic carbocycles. The summed E-state index contributed by atoms with van der Waals surface area (Å²) in [6.45, 7) is 15.7. The van der Waals surface area contributed by atoms with Gasteiger partial charge >= 0.3 is 0 Å². The topological polar surface area (TPSA) is 61.7 Å². The van der Waals surface area contributed by atoms with Crippen molar-refractivity contribution >= 4 is 11.8 Å². The van der Waals surface area contributed by atoms with Crippen LogP contribution in [0.4, 0.5) is 0 Å². The molecule has 2 amide bonds. The summed E-state index contributed by atoms with van der Waals surface area (Å²) < 4.78 is 1.69. The molecule has 0 radical (unpaired) electrons. The molecule has 2 atom stereocenters. The summed E-state index contributed by atoms with van der Waals surface area (Å²) >= 11 is 0. The molecule has 2 unspecified atom stereocenters. The van der Waals surface area contributed by atoms with Crippen LogP contribution in [0, 0.1) is 11.8 Å². The average Bonchev–Trinajstić information content (AvgIpc) is 3.03. The van der Waals surface area contributed by atoms with Crippen molar-refractivity contribution in [1.82, 2.24) is 24.5 Å². The van der Waals surface area contributed by atoms with Crippen LogP contribution in [0.3, 0.4) is 0 Å². The minimum Gasteiger partial charge on any atom is -0.341 e. The number of piperidine rings is 1.